The Bertz CT molecular complexity index is 949. The van der Waals surface area contributed by atoms with Crippen molar-refractivity contribution in [3.8, 4) is 11.3 Å². The second-order valence-corrected chi connectivity index (χ2v) is 5.35. The zero-order valence-electron chi connectivity index (χ0n) is 11.7. The first-order valence-corrected chi connectivity index (χ1v) is 6.96. The number of aromatic nitrogens is 2. The lowest BCUT2D eigenvalue weighted by atomic mass is 10.1. The second kappa shape index (κ2) is 4.35. The van der Waals surface area contributed by atoms with E-state index in [9.17, 15) is 0 Å². The summed E-state index contributed by atoms with van der Waals surface area (Å²) in [6.45, 7) is 2.08. The molecule has 21 heavy (non-hydrogen) atoms. The zero-order valence-corrected chi connectivity index (χ0v) is 11.7. The Balaban J connectivity index is 2.10. The van der Waals surface area contributed by atoms with Gasteiger partial charge < -0.3 is 10.7 Å². The molecule has 0 aliphatic rings. The number of anilines is 1. The summed E-state index contributed by atoms with van der Waals surface area (Å²) in [6.07, 6.45) is 0. The topological polar surface area (TPSA) is 54.7 Å². The number of nitrogens with zero attached hydrogens (tertiary/aromatic N) is 1. The molecule has 0 aliphatic heterocycles. The molecule has 4 rings (SSSR count). The van der Waals surface area contributed by atoms with E-state index in [0.29, 0.717) is 5.82 Å². The van der Waals surface area contributed by atoms with Gasteiger partial charge in [-0.15, -0.1) is 0 Å². The van der Waals surface area contributed by atoms with Gasteiger partial charge in [0.05, 0.1) is 11.2 Å². The van der Waals surface area contributed by atoms with Gasteiger partial charge in [0.1, 0.15) is 5.82 Å². The molecule has 0 amide bonds. The van der Waals surface area contributed by atoms with Crippen molar-refractivity contribution < 1.29 is 0 Å². The number of hydrogen-bond acceptors (Lipinski definition) is 2. The fourth-order valence-electron chi connectivity index (χ4n) is 2.79. The fraction of sp³-hybridized carbons (Fsp3) is 0.0556. The number of nitrogen functional groups attached to an aromatic ring is 1. The molecular weight excluding hydrogens is 258 g/mol. The third-order valence-corrected chi connectivity index (χ3v) is 3.84. The normalized spacial score (nSPS) is 11.3. The van der Waals surface area contributed by atoms with Crippen molar-refractivity contribution in [1.82, 2.24) is 9.97 Å². The largest absolute Gasteiger partial charge is 0.384 e. The maximum Gasteiger partial charge on any atom is 0.124 e. The van der Waals surface area contributed by atoms with Gasteiger partial charge in [-0.1, -0.05) is 48.0 Å². The molecule has 3 heteroatoms. The second-order valence-electron chi connectivity index (χ2n) is 5.35. The molecule has 4 aromatic rings. The van der Waals surface area contributed by atoms with Gasteiger partial charge >= 0.3 is 0 Å². The van der Waals surface area contributed by atoms with Crippen LogP contribution in [0.1, 0.15) is 5.56 Å². The quantitative estimate of drug-likeness (QED) is 0.544. The predicted octanol–water partition coefficient (Wildman–Crippen LogP) is 4.27. The molecular formula is C18H15N3. The highest BCUT2D eigenvalue weighted by Crippen LogP contribution is 2.33. The monoisotopic (exact) mass is 273 g/mol. The number of pyridine rings is 1. The Labute approximate surface area is 122 Å². The highest BCUT2D eigenvalue weighted by molar-refractivity contribution is 6.11. The van der Waals surface area contributed by atoms with Crippen molar-refractivity contribution in [3.63, 3.8) is 0 Å². The first kappa shape index (κ1) is 12.0. The van der Waals surface area contributed by atoms with Crippen LogP contribution >= 0.6 is 0 Å². The van der Waals surface area contributed by atoms with E-state index in [0.717, 1.165) is 27.7 Å². The van der Waals surface area contributed by atoms with Crippen molar-refractivity contribution in [2.45, 2.75) is 6.92 Å². The van der Waals surface area contributed by atoms with Crippen LogP contribution in [0.15, 0.2) is 54.6 Å². The van der Waals surface area contributed by atoms with Crippen LogP contribution in [0.3, 0.4) is 0 Å². The molecule has 0 atom stereocenters. The molecule has 0 spiro atoms. The minimum atomic E-state index is 0.544. The number of hydrogen-bond donors (Lipinski definition) is 2. The smallest absolute Gasteiger partial charge is 0.124 e. The Morgan fingerprint density at radius 2 is 1.71 bits per heavy atom. The highest BCUT2D eigenvalue weighted by atomic mass is 14.9. The van der Waals surface area contributed by atoms with Crippen LogP contribution in [0.5, 0.6) is 0 Å². The Hall–Kier alpha value is -2.81. The Kier molecular flexibility index (Phi) is 2.48. The summed E-state index contributed by atoms with van der Waals surface area (Å²) in [5, 5.41) is 2.30. The zero-order chi connectivity index (χ0) is 14.4. The van der Waals surface area contributed by atoms with Gasteiger partial charge in [0, 0.05) is 21.9 Å². The van der Waals surface area contributed by atoms with E-state index in [-0.39, 0.29) is 0 Å². The van der Waals surface area contributed by atoms with E-state index >= 15 is 0 Å². The number of para-hydroxylation sites is 1. The molecule has 3 nitrogen and oxygen atoms in total. The summed E-state index contributed by atoms with van der Waals surface area (Å²) >= 11 is 0. The lowest BCUT2D eigenvalue weighted by Crippen LogP contribution is -1.93. The van der Waals surface area contributed by atoms with E-state index in [1.807, 2.05) is 18.2 Å². The van der Waals surface area contributed by atoms with Crippen molar-refractivity contribution in [3.05, 3.63) is 60.2 Å². The van der Waals surface area contributed by atoms with Gasteiger partial charge in [-0.25, -0.2) is 4.98 Å². The standard InChI is InChI=1S/C18H15N3/c1-11-6-8-12(9-7-11)17-18-14(10-16(19)21-17)13-4-2-3-5-15(13)20-18/h2-10,20H,1H3,(H2,19,21). The molecule has 102 valence electrons. The van der Waals surface area contributed by atoms with Crippen LogP contribution in [0, 0.1) is 6.92 Å². The van der Waals surface area contributed by atoms with Crippen LogP contribution in [-0.4, -0.2) is 9.97 Å². The summed E-state index contributed by atoms with van der Waals surface area (Å²) in [5.74, 6) is 0.544. The fourth-order valence-corrected chi connectivity index (χ4v) is 2.79. The van der Waals surface area contributed by atoms with E-state index in [4.69, 9.17) is 5.73 Å². The first-order valence-electron chi connectivity index (χ1n) is 6.96. The lowest BCUT2D eigenvalue weighted by molar-refractivity contribution is 1.34. The molecule has 0 fully saturated rings. The number of nitrogens with one attached hydrogen (secondary N) is 1. The molecule has 0 bridgehead atoms. The summed E-state index contributed by atoms with van der Waals surface area (Å²) in [7, 11) is 0. The van der Waals surface area contributed by atoms with Crippen molar-refractivity contribution >= 4 is 27.6 Å². The van der Waals surface area contributed by atoms with Gasteiger partial charge in [0.25, 0.3) is 0 Å². The third-order valence-electron chi connectivity index (χ3n) is 3.84. The molecule has 0 unspecified atom stereocenters. The number of rotatable bonds is 1. The van der Waals surface area contributed by atoms with Crippen molar-refractivity contribution in [2.24, 2.45) is 0 Å². The summed E-state index contributed by atoms with van der Waals surface area (Å²) < 4.78 is 0. The minimum absolute atomic E-state index is 0.544. The number of fused-ring (bicyclic) bond motifs is 3. The molecule has 0 saturated carbocycles. The average Bonchev–Trinajstić information content (AvgIpc) is 2.86. The predicted molar refractivity (Wildman–Crippen MR) is 88.2 cm³/mol. The van der Waals surface area contributed by atoms with Crippen molar-refractivity contribution in [1.29, 1.82) is 0 Å². The number of nitrogens with two attached hydrogens (primary N) is 1. The van der Waals surface area contributed by atoms with Crippen LogP contribution in [0.4, 0.5) is 5.82 Å². The number of aryl methyl sites for hydroxylation is 1. The van der Waals surface area contributed by atoms with Gasteiger partial charge in [0.2, 0.25) is 0 Å². The van der Waals surface area contributed by atoms with Crippen LogP contribution in [-0.2, 0) is 0 Å². The van der Waals surface area contributed by atoms with E-state index < -0.39 is 0 Å². The van der Waals surface area contributed by atoms with Crippen LogP contribution < -0.4 is 5.73 Å². The summed E-state index contributed by atoms with van der Waals surface area (Å²) in [4.78, 5) is 8.01. The molecule has 2 aromatic heterocycles. The average molecular weight is 273 g/mol. The Morgan fingerprint density at radius 1 is 0.952 bits per heavy atom. The van der Waals surface area contributed by atoms with E-state index in [2.05, 4.69) is 53.3 Å². The van der Waals surface area contributed by atoms with Gasteiger partial charge in [-0.05, 0) is 19.1 Å². The minimum Gasteiger partial charge on any atom is -0.384 e. The summed E-state index contributed by atoms with van der Waals surface area (Å²) in [5.41, 5.74) is 11.4. The van der Waals surface area contributed by atoms with Crippen LogP contribution in [0.2, 0.25) is 0 Å². The third kappa shape index (κ3) is 1.86. The molecule has 3 N–H and O–H groups in total. The highest BCUT2D eigenvalue weighted by Gasteiger charge is 2.12. The van der Waals surface area contributed by atoms with Gasteiger partial charge in [-0.3, -0.25) is 0 Å². The molecule has 0 saturated heterocycles. The Morgan fingerprint density at radius 3 is 2.52 bits per heavy atom. The van der Waals surface area contributed by atoms with E-state index in [1.165, 1.54) is 10.9 Å². The van der Waals surface area contributed by atoms with Gasteiger partial charge in [0.15, 0.2) is 0 Å². The maximum atomic E-state index is 6.02. The molecule has 2 aromatic carbocycles. The van der Waals surface area contributed by atoms with Gasteiger partial charge in [-0.2, -0.15) is 0 Å². The lowest BCUT2D eigenvalue weighted by Gasteiger charge is -2.05. The van der Waals surface area contributed by atoms with Crippen molar-refractivity contribution in [2.75, 3.05) is 5.73 Å². The van der Waals surface area contributed by atoms with E-state index in [1.54, 1.807) is 0 Å². The molecule has 2 heterocycles. The van der Waals surface area contributed by atoms with Crippen LogP contribution in [0.25, 0.3) is 33.1 Å². The number of aromatic amines is 1. The first-order chi connectivity index (χ1) is 10.2. The molecule has 0 aliphatic carbocycles. The maximum absolute atomic E-state index is 6.02. The molecule has 0 radical (unpaired) electrons. The SMILES string of the molecule is Cc1ccc(-c2nc(N)cc3c2[nH]c2ccccc23)cc1. The summed E-state index contributed by atoms with van der Waals surface area (Å²) in [6, 6.07) is 18.5. The number of H-pyrrole nitrogens is 1. The number of benzene rings is 2.